The van der Waals surface area contributed by atoms with Crippen LogP contribution in [0.2, 0.25) is 0 Å². The number of ether oxygens (including phenoxy) is 2. The number of carbonyl (C=O) groups is 1. The maximum Gasteiger partial charge on any atom is 0.122 e. The van der Waals surface area contributed by atoms with Crippen molar-refractivity contribution in [1.29, 1.82) is 0 Å². The molecule has 0 aliphatic heterocycles. The second kappa shape index (κ2) is 7.98. The summed E-state index contributed by atoms with van der Waals surface area (Å²) >= 11 is 0. The Morgan fingerprint density at radius 2 is 1.74 bits per heavy atom. The molecule has 0 amide bonds. The van der Waals surface area contributed by atoms with Gasteiger partial charge in [-0.1, -0.05) is 6.92 Å². The fourth-order valence-electron chi connectivity index (χ4n) is 1.99. The first-order chi connectivity index (χ1) is 8.62. The molecule has 2 N–H and O–H groups in total. The maximum atomic E-state index is 10.6. The summed E-state index contributed by atoms with van der Waals surface area (Å²) in [6.45, 7) is 13.1. The molecule has 0 aliphatic carbocycles. The van der Waals surface area contributed by atoms with Gasteiger partial charge < -0.3 is 20.0 Å². The highest BCUT2D eigenvalue weighted by Crippen LogP contribution is 2.21. The zero-order chi connectivity index (χ0) is 15.1. The van der Waals surface area contributed by atoms with Crippen molar-refractivity contribution < 1.29 is 14.3 Å². The zero-order valence-electron chi connectivity index (χ0n) is 13.4. The predicted molar refractivity (Wildman–Crippen MR) is 78.2 cm³/mol. The second-order valence-corrected chi connectivity index (χ2v) is 6.62. The van der Waals surface area contributed by atoms with Crippen LogP contribution in [0, 0.1) is 5.92 Å². The van der Waals surface area contributed by atoms with E-state index in [-0.39, 0.29) is 23.2 Å². The molecule has 0 saturated heterocycles. The molecule has 2 atom stereocenters. The van der Waals surface area contributed by atoms with Gasteiger partial charge in [0, 0.05) is 5.92 Å². The van der Waals surface area contributed by atoms with Gasteiger partial charge in [-0.15, -0.1) is 0 Å². The smallest absolute Gasteiger partial charge is 0.122 e. The van der Waals surface area contributed by atoms with E-state index in [0.717, 1.165) is 19.1 Å². The second-order valence-electron chi connectivity index (χ2n) is 6.62. The van der Waals surface area contributed by atoms with Crippen LogP contribution in [0.15, 0.2) is 0 Å². The van der Waals surface area contributed by atoms with Gasteiger partial charge in [0.05, 0.1) is 23.9 Å². The molecule has 0 aromatic rings. The number of rotatable bonds is 10. The highest BCUT2D eigenvalue weighted by molar-refractivity contribution is 5.52. The Balaban J connectivity index is 4.20. The number of aldehydes is 1. The van der Waals surface area contributed by atoms with Crippen molar-refractivity contribution in [2.24, 2.45) is 11.7 Å². The fraction of sp³-hybridized carbons (Fsp3) is 0.933. The van der Waals surface area contributed by atoms with Crippen molar-refractivity contribution in [3.05, 3.63) is 0 Å². The van der Waals surface area contributed by atoms with Crippen LogP contribution in [0.3, 0.4) is 0 Å². The van der Waals surface area contributed by atoms with E-state index in [9.17, 15) is 4.79 Å². The lowest BCUT2D eigenvalue weighted by atomic mass is 10.0. The summed E-state index contributed by atoms with van der Waals surface area (Å²) in [4.78, 5) is 10.6. The average molecular weight is 273 g/mol. The van der Waals surface area contributed by atoms with Crippen LogP contribution in [-0.4, -0.2) is 36.7 Å². The molecule has 0 rings (SSSR count). The summed E-state index contributed by atoms with van der Waals surface area (Å²) in [5.74, 6) is 0.0281. The van der Waals surface area contributed by atoms with Crippen LogP contribution in [0.5, 0.6) is 0 Å². The van der Waals surface area contributed by atoms with Crippen LogP contribution in [0.4, 0.5) is 0 Å². The Hall–Kier alpha value is -0.450. The van der Waals surface area contributed by atoms with Gasteiger partial charge in [-0.25, -0.2) is 0 Å². The summed E-state index contributed by atoms with van der Waals surface area (Å²) in [6, 6.07) is 0. The first kappa shape index (κ1) is 18.6. The molecular formula is C15H31NO3. The standard InChI is InChI=1S/C15H31NO3/c1-12(10-17)9-13(2)19-15(5,6)11-18-14(3,4)7-8-16/h10,12-13H,7-9,11,16H2,1-6H3. The quantitative estimate of drug-likeness (QED) is 0.621. The molecule has 0 bridgehead atoms. The normalized spacial score (nSPS) is 16.2. The molecule has 0 fully saturated rings. The van der Waals surface area contributed by atoms with Crippen molar-refractivity contribution in [3.63, 3.8) is 0 Å². The number of carbonyl (C=O) groups excluding carboxylic acids is 1. The summed E-state index contributed by atoms with van der Waals surface area (Å²) in [7, 11) is 0. The van der Waals surface area contributed by atoms with E-state index in [2.05, 4.69) is 0 Å². The summed E-state index contributed by atoms with van der Waals surface area (Å²) in [5.41, 5.74) is 4.97. The maximum absolute atomic E-state index is 10.6. The van der Waals surface area contributed by atoms with Gasteiger partial charge in [0.25, 0.3) is 0 Å². The Morgan fingerprint density at radius 1 is 1.16 bits per heavy atom. The van der Waals surface area contributed by atoms with Crippen molar-refractivity contribution in [3.8, 4) is 0 Å². The van der Waals surface area contributed by atoms with E-state index < -0.39 is 0 Å². The number of hydrogen-bond acceptors (Lipinski definition) is 4. The Morgan fingerprint density at radius 3 is 2.21 bits per heavy atom. The van der Waals surface area contributed by atoms with Gasteiger partial charge in [-0.05, 0) is 54.0 Å². The molecule has 4 heteroatoms. The van der Waals surface area contributed by atoms with Crippen molar-refractivity contribution in [2.75, 3.05) is 13.2 Å². The molecule has 0 radical (unpaired) electrons. The molecule has 0 aromatic heterocycles. The molecule has 0 spiro atoms. The molecule has 4 nitrogen and oxygen atoms in total. The van der Waals surface area contributed by atoms with Gasteiger partial charge >= 0.3 is 0 Å². The minimum Gasteiger partial charge on any atom is -0.373 e. The predicted octanol–water partition coefficient (Wildman–Crippen LogP) is 2.54. The van der Waals surface area contributed by atoms with Crippen molar-refractivity contribution >= 4 is 6.29 Å². The Kier molecular flexibility index (Phi) is 7.79. The minimum absolute atomic E-state index is 0.0281. The third-order valence-electron chi connectivity index (χ3n) is 3.01. The van der Waals surface area contributed by atoms with Crippen LogP contribution in [0.25, 0.3) is 0 Å². The highest BCUT2D eigenvalue weighted by Gasteiger charge is 2.27. The molecule has 0 aromatic carbocycles. The summed E-state index contributed by atoms with van der Waals surface area (Å²) < 4.78 is 11.9. The van der Waals surface area contributed by atoms with Gasteiger partial charge in [-0.2, -0.15) is 0 Å². The largest absolute Gasteiger partial charge is 0.373 e. The molecule has 0 saturated carbocycles. The average Bonchev–Trinajstić information content (AvgIpc) is 2.25. The number of hydrogen-bond donors (Lipinski definition) is 1. The fourth-order valence-corrected chi connectivity index (χ4v) is 1.99. The molecule has 114 valence electrons. The first-order valence-corrected chi connectivity index (χ1v) is 7.09. The van der Waals surface area contributed by atoms with Gasteiger partial charge in [-0.3, -0.25) is 0 Å². The molecular weight excluding hydrogens is 242 g/mol. The lowest BCUT2D eigenvalue weighted by Gasteiger charge is -2.34. The van der Waals surface area contributed by atoms with E-state index in [1.807, 2.05) is 41.5 Å². The summed E-state index contributed by atoms with van der Waals surface area (Å²) in [6.07, 6.45) is 2.56. The summed E-state index contributed by atoms with van der Waals surface area (Å²) in [5, 5.41) is 0. The van der Waals surface area contributed by atoms with E-state index in [1.165, 1.54) is 0 Å². The molecule has 19 heavy (non-hydrogen) atoms. The molecule has 0 aliphatic rings. The van der Waals surface area contributed by atoms with Crippen molar-refractivity contribution in [2.45, 2.75) is 71.7 Å². The van der Waals surface area contributed by atoms with Crippen LogP contribution in [0.1, 0.15) is 54.4 Å². The zero-order valence-corrected chi connectivity index (χ0v) is 13.4. The van der Waals surface area contributed by atoms with Gasteiger partial charge in [0.1, 0.15) is 6.29 Å². The lowest BCUT2D eigenvalue weighted by Crippen LogP contribution is -2.39. The van der Waals surface area contributed by atoms with E-state index in [1.54, 1.807) is 0 Å². The third-order valence-corrected chi connectivity index (χ3v) is 3.01. The van der Waals surface area contributed by atoms with Crippen molar-refractivity contribution in [1.82, 2.24) is 0 Å². The van der Waals surface area contributed by atoms with Crippen LogP contribution >= 0.6 is 0 Å². The van der Waals surface area contributed by atoms with E-state index >= 15 is 0 Å². The highest BCUT2D eigenvalue weighted by atomic mass is 16.6. The van der Waals surface area contributed by atoms with E-state index in [0.29, 0.717) is 13.2 Å². The topological polar surface area (TPSA) is 61.5 Å². The minimum atomic E-state index is -0.367. The first-order valence-electron chi connectivity index (χ1n) is 7.09. The van der Waals surface area contributed by atoms with Crippen LogP contribution < -0.4 is 5.73 Å². The third kappa shape index (κ3) is 9.14. The molecule has 2 unspecified atom stereocenters. The monoisotopic (exact) mass is 273 g/mol. The lowest BCUT2D eigenvalue weighted by molar-refractivity contribution is -0.145. The van der Waals surface area contributed by atoms with Gasteiger partial charge in [0.2, 0.25) is 0 Å². The van der Waals surface area contributed by atoms with E-state index in [4.69, 9.17) is 15.2 Å². The Bertz CT molecular complexity index is 264. The van der Waals surface area contributed by atoms with Crippen LogP contribution in [-0.2, 0) is 14.3 Å². The van der Waals surface area contributed by atoms with Gasteiger partial charge in [0.15, 0.2) is 0 Å². The Labute approximate surface area is 118 Å². The number of nitrogens with two attached hydrogens (primary N) is 1. The SMILES string of the molecule is CC(C=O)CC(C)OC(C)(C)COC(C)(C)CCN. The molecule has 0 heterocycles.